The summed E-state index contributed by atoms with van der Waals surface area (Å²) in [6.07, 6.45) is 7.10. The van der Waals surface area contributed by atoms with E-state index in [0.717, 1.165) is 12.6 Å². The smallest absolute Gasteiger partial charge is 0.0140 e. The first kappa shape index (κ1) is 8.02. The van der Waals surface area contributed by atoms with Crippen LogP contribution in [-0.4, -0.2) is 12.6 Å². The van der Waals surface area contributed by atoms with Crippen molar-refractivity contribution in [3.05, 3.63) is 28.5 Å². The van der Waals surface area contributed by atoms with Gasteiger partial charge >= 0.3 is 0 Å². The maximum absolute atomic E-state index is 3.44. The van der Waals surface area contributed by atoms with Crippen molar-refractivity contribution in [2.24, 2.45) is 0 Å². The standard InChI is InChI=1S/C10H13NS/c1(6-11-10-3-4-10)2-9-5-7-12-8-9/h1-2,5,7-8,10-11H,3-4,6H2. The van der Waals surface area contributed by atoms with Gasteiger partial charge in [-0.05, 0) is 35.2 Å². The molecule has 1 fully saturated rings. The first-order valence-electron chi connectivity index (χ1n) is 4.37. The van der Waals surface area contributed by atoms with Crippen LogP contribution < -0.4 is 5.32 Å². The van der Waals surface area contributed by atoms with E-state index in [2.05, 4.69) is 34.3 Å². The molecule has 1 heterocycles. The fraction of sp³-hybridized carbons (Fsp3) is 0.400. The number of rotatable bonds is 4. The molecule has 0 saturated heterocycles. The van der Waals surface area contributed by atoms with Crippen LogP contribution >= 0.6 is 11.3 Å². The molecule has 1 aliphatic rings. The van der Waals surface area contributed by atoms with Gasteiger partial charge in [0.15, 0.2) is 0 Å². The molecular formula is C10H13NS. The molecule has 0 spiro atoms. The minimum Gasteiger partial charge on any atom is -0.311 e. The summed E-state index contributed by atoms with van der Waals surface area (Å²) in [5.41, 5.74) is 1.32. The van der Waals surface area contributed by atoms with Crippen LogP contribution in [0.5, 0.6) is 0 Å². The number of hydrogen-bond donors (Lipinski definition) is 1. The molecule has 2 rings (SSSR count). The molecule has 1 aromatic heterocycles. The van der Waals surface area contributed by atoms with Gasteiger partial charge in [-0.25, -0.2) is 0 Å². The molecule has 64 valence electrons. The van der Waals surface area contributed by atoms with E-state index in [1.54, 1.807) is 11.3 Å². The predicted molar refractivity (Wildman–Crippen MR) is 54.4 cm³/mol. The van der Waals surface area contributed by atoms with Crippen LogP contribution in [0.3, 0.4) is 0 Å². The summed E-state index contributed by atoms with van der Waals surface area (Å²) < 4.78 is 0. The van der Waals surface area contributed by atoms with Gasteiger partial charge in [0.2, 0.25) is 0 Å². The lowest BCUT2D eigenvalue weighted by Gasteiger charge is -1.93. The molecule has 12 heavy (non-hydrogen) atoms. The average Bonchev–Trinajstić information content (AvgIpc) is 2.76. The zero-order valence-corrected chi connectivity index (χ0v) is 7.81. The molecule has 0 atom stereocenters. The Bertz CT molecular complexity index is 247. The fourth-order valence-corrected chi connectivity index (χ4v) is 1.72. The van der Waals surface area contributed by atoms with E-state index >= 15 is 0 Å². The third kappa shape index (κ3) is 2.47. The van der Waals surface area contributed by atoms with E-state index in [-0.39, 0.29) is 0 Å². The summed E-state index contributed by atoms with van der Waals surface area (Å²) in [7, 11) is 0. The highest BCUT2D eigenvalue weighted by molar-refractivity contribution is 7.08. The monoisotopic (exact) mass is 179 g/mol. The number of hydrogen-bond acceptors (Lipinski definition) is 2. The van der Waals surface area contributed by atoms with Gasteiger partial charge in [0, 0.05) is 12.6 Å². The van der Waals surface area contributed by atoms with Gasteiger partial charge in [0.1, 0.15) is 0 Å². The second-order valence-corrected chi connectivity index (χ2v) is 3.92. The largest absolute Gasteiger partial charge is 0.311 e. The van der Waals surface area contributed by atoms with Gasteiger partial charge < -0.3 is 5.32 Å². The molecule has 2 heteroatoms. The number of nitrogens with one attached hydrogen (secondary N) is 1. The van der Waals surface area contributed by atoms with E-state index in [1.807, 2.05) is 0 Å². The van der Waals surface area contributed by atoms with Crippen LogP contribution in [0.25, 0.3) is 6.08 Å². The zero-order chi connectivity index (χ0) is 8.23. The van der Waals surface area contributed by atoms with Gasteiger partial charge in [-0.2, -0.15) is 11.3 Å². The van der Waals surface area contributed by atoms with Crippen molar-refractivity contribution < 1.29 is 0 Å². The summed E-state index contributed by atoms with van der Waals surface area (Å²) >= 11 is 1.74. The van der Waals surface area contributed by atoms with E-state index in [1.165, 1.54) is 18.4 Å². The van der Waals surface area contributed by atoms with Gasteiger partial charge in [0.05, 0.1) is 0 Å². The second-order valence-electron chi connectivity index (χ2n) is 3.14. The average molecular weight is 179 g/mol. The lowest BCUT2D eigenvalue weighted by molar-refractivity contribution is 0.754. The molecule has 0 radical (unpaired) electrons. The van der Waals surface area contributed by atoms with E-state index < -0.39 is 0 Å². The van der Waals surface area contributed by atoms with Crippen molar-refractivity contribution in [2.45, 2.75) is 18.9 Å². The minimum absolute atomic E-state index is 0.817. The van der Waals surface area contributed by atoms with Crippen molar-refractivity contribution in [3.8, 4) is 0 Å². The van der Waals surface area contributed by atoms with Crippen molar-refractivity contribution >= 4 is 17.4 Å². The van der Waals surface area contributed by atoms with Crippen molar-refractivity contribution in [3.63, 3.8) is 0 Å². The van der Waals surface area contributed by atoms with Gasteiger partial charge in [-0.15, -0.1) is 0 Å². The molecule has 0 amide bonds. The van der Waals surface area contributed by atoms with Gasteiger partial charge in [-0.3, -0.25) is 0 Å². The molecule has 1 aliphatic carbocycles. The Morgan fingerprint density at radius 2 is 2.50 bits per heavy atom. The first-order chi connectivity index (χ1) is 5.95. The summed E-state index contributed by atoms with van der Waals surface area (Å²) in [5.74, 6) is 0. The topological polar surface area (TPSA) is 12.0 Å². The van der Waals surface area contributed by atoms with Crippen LogP contribution in [0.4, 0.5) is 0 Å². The van der Waals surface area contributed by atoms with Crippen LogP contribution in [0.15, 0.2) is 22.9 Å². The summed E-state index contributed by atoms with van der Waals surface area (Å²) in [5, 5.41) is 7.70. The number of thiophene rings is 1. The lowest BCUT2D eigenvalue weighted by atomic mass is 10.3. The summed E-state index contributed by atoms with van der Waals surface area (Å²) in [6.45, 7) is 1.01. The van der Waals surface area contributed by atoms with Crippen LogP contribution in [0.2, 0.25) is 0 Å². The van der Waals surface area contributed by atoms with Crippen LogP contribution in [0, 0.1) is 0 Å². The van der Waals surface area contributed by atoms with Crippen LogP contribution in [-0.2, 0) is 0 Å². The van der Waals surface area contributed by atoms with Gasteiger partial charge in [-0.1, -0.05) is 12.2 Å². The molecule has 1 saturated carbocycles. The third-order valence-electron chi connectivity index (χ3n) is 1.96. The highest BCUT2D eigenvalue weighted by atomic mass is 32.1. The Morgan fingerprint density at radius 1 is 1.58 bits per heavy atom. The minimum atomic E-state index is 0.817. The SMILES string of the molecule is C(=Cc1ccsc1)CNC1CC1. The molecule has 0 aliphatic heterocycles. The maximum Gasteiger partial charge on any atom is 0.0140 e. The molecule has 0 unspecified atom stereocenters. The Kier molecular flexibility index (Phi) is 2.59. The predicted octanol–water partition coefficient (Wildman–Crippen LogP) is 2.51. The Hall–Kier alpha value is -0.600. The first-order valence-corrected chi connectivity index (χ1v) is 5.31. The zero-order valence-electron chi connectivity index (χ0n) is 6.99. The van der Waals surface area contributed by atoms with Crippen molar-refractivity contribution in [1.29, 1.82) is 0 Å². The van der Waals surface area contributed by atoms with Crippen LogP contribution in [0.1, 0.15) is 18.4 Å². The molecule has 1 N–H and O–H groups in total. The van der Waals surface area contributed by atoms with E-state index in [0.29, 0.717) is 0 Å². The highest BCUT2D eigenvalue weighted by Crippen LogP contribution is 2.18. The Morgan fingerprint density at radius 3 is 3.17 bits per heavy atom. The van der Waals surface area contributed by atoms with Crippen molar-refractivity contribution in [2.75, 3.05) is 6.54 Å². The molecule has 1 aromatic rings. The fourth-order valence-electron chi connectivity index (χ4n) is 1.09. The maximum atomic E-state index is 3.44. The third-order valence-corrected chi connectivity index (χ3v) is 2.66. The Balaban J connectivity index is 1.70. The summed E-state index contributed by atoms with van der Waals surface area (Å²) in [4.78, 5) is 0. The molecular weight excluding hydrogens is 166 g/mol. The molecule has 0 bridgehead atoms. The molecule has 1 nitrogen and oxygen atoms in total. The van der Waals surface area contributed by atoms with E-state index in [9.17, 15) is 0 Å². The van der Waals surface area contributed by atoms with Gasteiger partial charge in [0.25, 0.3) is 0 Å². The second kappa shape index (κ2) is 3.87. The molecule has 0 aromatic carbocycles. The normalized spacial score (nSPS) is 17.3. The Labute approximate surface area is 77.1 Å². The summed E-state index contributed by atoms with van der Waals surface area (Å²) in [6, 6.07) is 2.95. The lowest BCUT2D eigenvalue weighted by Crippen LogP contribution is -2.15. The highest BCUT2D eigenvalue weighted by Gasteiger charge is 2.18. The van der Waals surface area contributed by atoms with E-state index in [4.69, 9.17) is 0 Å². The van der Waals surface area contributed by atoms with Crippen molar-refractivity contribution in [1.82, 2.24) is 5.32 Å². The quantitative estimate of drug-likeness (QED) is 0.749.